The molecule has 14 heavy (non-hydrogen) atoms. The zero-order valence-electron chi connectivity index (χ0n) is 8.27. The maximum absolute atomic E-state index is 12.0. The summed E-state index contributed by atoms with van der Waals surface area (Å²) in [5.74, 6) is 0. The van der Waals surface area contributed by atoms with Crippen LogP contribution < -0.4 is 0 Å². The first kappa shape index (κ1) is 13.4. The third kappa shape index (κ3) is 8.07. The van der Waals surface area contributed by atoms with Crippen molar-refractivity contribution in [2.24, 2.45) is 0 Å². The summed E-state index contributed by atoms with van der Waals surface area (Å²) in [7, 11) is 0. The molecule has 0 amide bonds. The highest BCUT2D eigenvalue weighted by molar-refractivity contribution is 4.88. The van der Waals surface area contributed by atoms with E-state index in [0.717, 1.165) is 5.57 Å². The summed E-state index contributed by atoms with van der Waals surface area (Å²) in [6.45, 7) is 4.49. The largest absolute Gasteiger partial charge is 0.401 e. The van der Waals surface area contributed by atoms with E-state index in [0.29, 0.717) is 6.42 Å². The van der Waals surface area contributed by atoms with Gasteiger partial charge in [0.25, 0.3) is 0 Å². The molecule has 0 aromatic carbocycles. The Bertz CT molecular complexity index is 179. The van der Waals surface area contributed by atoms with Crippen LogP contribution in [0.5, 0.6) is 0 Å². The molecule has 0 aromatic rings. The van der Waals surface area contributed by atoms with Crippen molar-refractivity contribution in [1.82, 2.24) is 4.90 Å². The molecule has 0 saturated heterocycles. The van der Waals surface area contributed by atoms with Gasteiger partial charge in [-0.15, -0.1) is 6.58 Å². The van der Waals surface area contributed by atoms with E-state index in [2.05, 4.69) is 6.58 Å². The molecule has 0 aliphatic heterocycles. The number of aliphatic hydroxyl groups excluding tert-OH is 1. The molecule has 0 aliphatic rings. The van der Waals surface area contributed by atoms with Crippen molar-refractivity contribution in [3.63, 3.8) is 0 Å². The molecule has 0 bridgehead atoms. The van der Waals surface area contributed by atoms with E-state index in [-0.39, 0.29) is 19.7 Å². The van der Waals surface area contributed by atoms with Crippen molar-refractivity contribution in [3.8, 4) is 0 Å². The number of alkyl halides is 3. The average Bonchev–Trinajstić information content (AvgIpc) is 1.98. The van der Waals surface area contributed by atoms with Gasteiger partial charge < -0.3 is 5.11 Å². The highest BCUT2D eigenvalue weighted by Gasteiger charge is 2.30. The zero-order chi connectivity index (χ0) is 11.2. The Morgan fingerprint density at radius 1 is 1.36 bits per heavy atom. The Balaban J connectivity index is 3.95. The van der Waals surface area contributed by atoms with Crippen LogP contribution >= 0.6 is 0 Å². The zero-order valence-corrected chi connectivity index (χ0v) is 8.27. The summed E-state index contributed by atoms with van der Waals surface area (Å²) in [5.41, 5.74) is 0.843. The van der Waals surface area contributed by atoms with Crippen LogP contribution in [0.2, 0.25) is 0 Å². The van der Waals surface area contributed by atoms with Crippen LogP contribution in [0.15, 0.2) is 12.2 Å². The predicted molar refractivity (Wildman–Crippen MR) is 49.0 cm³/mol. The summed E-state index contributed by atoms with van der Waals surface area (Å²) in [4.78, 5) is 1.18. The molecule has 0 heterocycles. The van der Waals surface area contributed by atoms with Crippen LogP contribution in [0.1, 0.15) is 13.3 Å². The molecule has 0 spiro atoms. The molecule has 0 atom stereocenters. The maximum Gasteiger partial charge on any atom is 0.401 e. The standard InChI is InChI=1S/C9H16F3NO/c1-8(2)3-4-13(5-6-14)7-9(10,11)12/h14H,1,3-7H2,2H3. The van der Waals surface area contributed by atoms with E-state index in [1.807, 2.05) is 0 Å². The van der Waals surface area contributed by atoms with Crippen molar-refractivity contribution >= 4 is 0 Å². The smallest absolute Gasteiger partial charge is 0.395 e. The fourth-order valence-corrected chi connectivity index (χ4v) is 1.01. The average molecular weight is 211 g/mol. The van der Waals surface area contributed by atoms with E-state index in [4.69, 9.17) is 5.11 Å². The Morgan fingerprint density at radius 3 is 2.29 bits per heavy atom. The van der Waals surface area contributed by atoms with E-state index in [1.165, 1.54) is 4.90 Å². The van der Waals surface area contributed by atoms with Crippen molar-refractivity contribution in [3.05, 3.63) is 12.2 Å². The van der Waals surface area contributed by atoms with Crippen molar-refractivity contribution < 1.29 is 18.3 Å². The van der Waals surface area contributed by atoms with E-state index >= 15 is 0 Å². The van der Waals surface area contributed by atoms with Crippen molar-refractivity contribution in [2.75, 3.05) is 26.2 Å². The molecular weight excluding hydrogens is 195 g/mol. The number of nitrogens with zero attached hydrogens (tertiary/aromatic N) is 1. The number of hydrogen-bond acceptors (Lipinski definition) is 2. The second-order valence-corrected chi connectivity index (χ2v) is 3.32. The van der Waals surface area contributed by atoms with Gasteiger partial charge in [0.2, 0.25) is 0 Å². The van der Waals surface area contributed by atoms with Crippen LogP contribution in [0.3, 0.4) is 0 Å². The monoisotopic (exact) mass is 211 g/mol. The molecule has 1 N–H and O–H groups in total. The van der Waals surface area contributed by atoms with E-state index in [9.17, 15) is 13.2 Å². The Kier molecular flexibility index (Phi) is 5.79. The molecule has 0 aliphatic carbocycles. The summed E-state index contributed by atoms with van der Waals surface area (Å²) >= 11 is 0. The molecule has 0 saturated carbocycles. The lowest BCUT2D eigenvalue weighted by Gasteiger charge is -2.22. The second kappa shape index (κ2) is 6.03. The lowest BCUT2D eigenvalue weighted by atomic mass is 10.2. The van der Waals surface area contributed by atoms with Crippen LogP contribution in [-0.4, -0.2) is 42.4 Å². The SMILES string of the molecule is C=C(C)CCN(CCO)CC(F)(F)F. The lowest BCUT2D eigenvalue weighted by molar-refractivity contribution is -0.146. The summed E-state index contributed by atoms with van der Waals surface area (Å²) in [6.07, 6.45) is -3.68. The molecule has 5 heteroatoms. The summed E-state index contributed by atoms with van der Waals surface area (Å²) in [5, 5.41) is 8.57. The minimum atomic E-state index is -4.20. The Labute approximate surface area is 82.0 Å². The summed E-state index contributed by atoms with van der Waals surface area (Å²) < 4.78 is 36.0. The molecule has 0 unspecified atom stereocenters. The predicted octanol–water partition coefficient (Wildman–Crippen LogP) is 1.81. The van der Waals surface area contributed by atoms with E-state index < -0.39 is 12.7 Å². The highest BCUT2D eigenvalue weighted by Crippen LogP contribution is 2.16. The van der Waals surface area contributed by atoms with Crippen molar-refractivity contribution in [1.29, 1.82) is 0 Å². The van der Waals surface area contributed by atoms with Gasteiger partial charge in [0, 0.05) is 13.1 Å². The second-order valence-electron chi connectivity index (χ2n) is 3.32. The van der Waals surface area contributed by atoms with Gasteiger partial charge in [0.1, 0.15) is 0 Å². The van der Waals surface area contributed by atoms with Gasteiger partial charge in [0.05, 0.1) is 13.2 Å². The van der Waals surface area contributed by atoms with Gasteiger partial charge in [-0.3, -0.25) is 4.90 Å². The van der Waals surface area contributed by atoms with Crippen LogP contribution in [0.25, 0.3) is 0 Å². The van der Waals surface area contributed by atoms with Gasteiger partial charge >= 0.3 is 6.18 Å². The van der Waals surface area contributed by atoms with Crippen LogP contribution in [0.4, 0.5) is 13.2 Å². The Morgan fingerprint density at radius 2 is 1.93 bits per heavy atom. The first-order chi connectivity index (χ1) is 6.35. The number of aliphatic hydroxyl groups is 1. The third-order valence-electron chi connectivity index (χ3n) is 1.67. The van der Waals surface area contributed by atoms with Crippen LogP contribution in [0, 0.1) is 0 Å². The minimum Gasteiger partial charge on any atom is -0.395 e. The van der Waals surface area contributed by atoms with Crippen molar-refractivity contribution in [2.45, 2.75) is 19.5 Å². The summed E-state index contributed by atoms with van der Waals surface area (Å²) in [6, 6.07) is 0. The molecular formula is C9H16F3NO. The molecule has 0 aromatic heterocycles. The first-order valence-electron chi connectivity index (χ1n) is 4.39. The van der Waals surface area contributed by atoms with Gasteiger partial charge in [-0.25, -0.2) is 0 Å². The molecule has 0 radical (unpaired) electrons. The highest BCUT2D eigenvalue weighted by atomic mass is 19.4. The normalized spacial score (nSPS) is 12.1. The van der Waals surface area contributed by atoms with Gasteiger partial charge in [-0.2, -0.15) is 13.2 Å². The van der Waals surface area contributed by atoms with Gasteiger partial charge in [-0.05, 0) is 13.3 Å². The number of halogens is 3. The van der Waals surface area contributed by atoms with Gasteiger partial charge in [0.15, 0.2) is 0 Å². The minimum absolute atomic E-state index is 0.0484. The van der Waals surface area contributed by atoms with Gasteiger partial charge in [-0.1, -0.05) is 5.57 Å². The fraction of sp³-hybridized carbons (Fsp3) is 0.778. The third-order valence-corrected chi connectivity index (χ3v) is 1.67. The van der Waals surface area contributed by atoms with E-state index in [1.54, 1.807) is 6.92 Å². The Hall–Kier alpha value is -0.550. The molecule has 2 nitrogen and oxygen atoms in total. The number of rotatable bonds is 6. The molecule has 0 fully saturated rings. The first-order valence-corrected chi connectivity index (χ1v) is 4.39. The topological polar surface area (TPSA) is 23.5 Å². The quantitative estimate of drug-likeness (QED) is 0.677. The number of hydrogen-bond donors (Lipinski definition) is 1. The lowest BCUT2D eigenvalue weighted by Crippen LogP contribution is -2.36. The molecule has 0 rings (SSSR count). The maximum atomic E-state index is 12.0. The fourth-order valence-electron chi connectivity index (χ4n) is 1.01. The molecule has 84 valence electrons. The van der Waals surface area contributed by atoms with Crippen LogP contribution in [-0.2, 0) is 0 Å².